The van der Waals surface area contributed by atoms with E-state index >= 15 is 0 Å². The molecule has 3 N–H and O–H groups in total. The highest BCUT2D eigenvalue weighted by Gasteiger charge is 2.30. The lowest BCUT2D eigenvalue weighted by molar-refractivity contribution is -0.138. The molecule has 1 aliphatic rings. The third-order valence-electron chi connectivity index (χ3n) is 5.11. The van der Waals surface area contributed by atoms with Crippen molar-refractivity contribution in [3.05, 3.63) is 34.5 Å². The molecule has 5 nitrogen and oxygen atoms in total. The van der Waals surface area contributed by atoms with Gasteiger partial charge in [-0.1, -0.05) is 0 Å². The predicted molar refractivity (Wildman–Crippen MR) is 91.2 cm³/mol. The first-order valence-electron chi connectivity index (χ1n) is 7.95. The number of fused-ring (bicyclic) bond motifs is 2. The maximum absolute atomic E-state index is 11.4. The molecule has 0 fully saturated rings. The Morgan fingerprint density at radius 1 is 1.26 bits per heavy atom. The topological polar surface area (TPSA) is 71.5 Å². The Hall–Kier alpha value is -1.85. The summed E-state index contributed by atoms with van der Waals surface area (Å²) in [6.07, 6.45) is 0. The monoisotopic (exact) mass is 315 g/mol. The number of aliphatic carboxylic acids is 1. The van der Waals surface area contributed by atoms with E-state index in [9.17, 15) is 9.90 Å². The van der Waals surface area contributed by atoms with Crippen LogP contribution in [0.25, 0.3) is 10.9 Å². The SMILES string of the molecule is Cc1c(C(N)C(=O)O)c2cc3c(cc2n1C)CN(C(C)(C)C)C3. The molecule has 3 rings (SSSR count). The van der Waals surface area contributed by atoms with E-state index in [-0.39, 0.29) is 5.54 Å². The Bertz CT molecular complexity index is 799. The first-order chi connectivity index (χ1) is 10.6. The van der Waals surface area contributed by atoms with Crippen LogP contribution in [0.15, 0.2) is 12.1 Å². The minimum Gasteiger partial charge on any atom is -0.480 e. The maximum Gasteiger partial charge on any atom is 0.325 e. The van der Waals surface area contributed by atoms with Crippen molar-refractivity contribution >= 4 is 16.9 Å². The van der Waals surface area contributed by atoms with Gasteiger partial charge in [0.1, 0.15) is 6.04 Å². The minimum atomic E-state index is -0.989. The number of aryl methyl sites for hydroxylation is 1. The molecule has 0 radical (unpaired) electrons. The summed E-state index contributed by atoms with van der Waals surface area (Å²) < 4.78 is 2.05. The number of rotatable bonds is 2. The van der Waals surface area contributed by atoms with Gasteiger partial charge in [0.2, 0.25) is 0 Å². The molecule has 0 saturated carbocycles. The van der Waals surface area contributed by atoms with Crippen LogP contribution in [0, 0.1) is 6.92 Å². The van der Waals surface area contributed by atoms with E-state index in [1.807, 2.05) is 18.5 Å². The van der Waals surface area contributed by atoms with Gasteiger partial charge in [0.25, 0.3) is 0 Å². The molecule has 2 heterocycles. The van der Waals surface area contributed by atoms with Crippen LogP contribution in [-0.2, 0) is 24.9 Å². The second-order valence-electron chi connectivity index (χ2n) is 7.54. The Balaban J connectivity index is 2.17. The van der Waals surface area contributed by atoms with E-state index in [0.717, 1.165) is 35.2 Å². The predicted octanol–water partition coefficient (Wildman–Crippen LogP) is 2.69. The van der Waals surface area contributed by atoms with Crippen molar-refractivity contribution in [1.82, 2.24) is 9.47 Å². The van der Waals surface area contributed by atoms with E-state index in [2.05, 4.69) is 37.8 Å². The lowest BCUT2D eigenvalue weighted by atomic mass is 10.0. The van der Waals surface area contributed by atoms with Crippen molar-refractivity contribution in [1.29, 1.82) is 0 Å². The first-order valence-corrected chi connectivity index (χ1v) is 7.95. The number of carbonyl (C=O) groups is 1. The van der Waals surface area contributed by atoms with Gasteiger partial charge in [-0.15, -0.1) is 0 Å². The van der Waals surface area contributed by atoms with Gasteiger partial charge in [-0.25, -0.2) is 0 Å². The average molecular weight is 315 g/mol. The molecule has 0 aliphatic carbocycles. The molecule has 0 spiro atoms. The fourth-order valence-corrected chi connectivity index (χ4v) is 3.48. The molecule has 0 saturated heterocycles. The number of benzene rings is 1. The quantitative estimate of drug-likeness (QED) is 0.894. The van der Waals surface area contributed by atoms with E-state index in [0.29, 0.717) is 0 Å². The van der Waals surface area contributed by atoms with Crippen molar-refractivity contribution in [2.45, 2.75) is 52.4 Å². The lowest BCUT2D eigenvalue weighted by Crippen LogP contribution is -2.36. The van der Waals surface area contributed by atoms with Gasteiger partial charge < -0.3 is 15.4 Å². The third kappa shape index (κ3) is 2.44. The molecule has 1 unspecified atom stereocenters. The molecule has 0 amide bonds. The molecular formula is C18H25N3O2. The highest BCUT2D eigenvalue weighted by atomic mass is 16.4. The van der Waals surface area contributed by atoms with Gasteiger partial charge in [-0.2, -0.15) is 0 Å². The standard InChI is InChI=1S/C18H25N3O2/c1-10-15(16(19)17(22)23)13-6-11-8-21(18(2,3)4)9-12(11)7-14(13)20(10)5/h6-7,16H,8-9,19H2,1-5H3,(H,22,23). The summed E-state index contributed by atoms with van der Waals surface area (Å²) in [4.78, 5) is 13.8. The zero-order valence-electron chi connectivity index (χ0n) is 14.5. The molecule has 2 aromatic rings. The second-order valence-corrected chi connectivity index (χ2v) is 7.54. The highest BCUT2D eigenvalue weighted by Crippen LogP contribution is 2.36. The minimum absolute atomic E-state index is 0.113. The summed E-state index contributed by atoms with van der Waals surface area (Å²) in [5.74, 6) is -0.989. The van der Waals surface area contributed by atoms with Gasteiger partial charge in [0.05, 0.1) is 0 Å². The number of carboxylic acid groups (broad SMARTS) is 1. The molecule has 1 atom stereocenters. The fourth-order valence-electron chi connectivity index (χ4n) is 3.48. The van der Waals surface area contributed by atoms with Crippen molar-refractivity contribution in [3.63, 3.8) is 0 Å². The Morgan fingerprint density at radius 3 is 2.35 bits per heavy atom. The Morgan fingerprint density at radius 2 is 1.83 bits per heavy atom. The van der Waals surface area contributed by atoms with Gasteiger partial charge in [0, 0.05) is 47.8 Å². The number of nitrogens with two attached hydrogens (primary N) is 1. The van der Waals surface area contributed by atoms with Crippen LogP contribution in [0.1, 0.15) is 49.2 Å². The van der Waals surface area contributed by atoms with Crippen LogP contribution in [0.3, 0.4) is 0 Å². The van der Waals surface area contributed by atoms with Crippen LogP contribution in [0.4, 0.5) is 0 Å². The number of nitrogens with zero attached hydrogens (tertiary/aromatic N) is 2. The summed E-state index contributed by atoms with van der Waals surface area (Å²) in [5.41, 5.74) is 11.4. The van der Waals surface area contributed by atoms with Gasteiger partial charge >= 0.3 is 5.97 Å². The van der Waals surface area contributed by atoms with Crippen LogP contribution >= 0.6 is 0 Å². The smallest absolute Gasteiger partial charge is 0.325 e. The lowest BCUT2D eigenvalue weighted by Gasteiger charge is -2.31. The number of hydrogen-bond acceptors (Lipinski definition) is 3. The number of carboxylic acids is 1. The molecule has 124 valence electrons. The van der Waals surface area contributed by atoms with Crippen molar-refractivity contribution in [2.75, 3.05) is 0 Å². The zero-order chi connectivity index (χ0) is 17.1. The van der Waals surface area contributed by atoms with Crippen LogP contribution in [-0.4, -0.2) is 26.1 Å². The van der Waals surface area contributed by atoms with Gasteiger partial charge in [-0.05, 0) is 51.0 Å². The summed E-state index contributed by atoms with van der Waals surface area (Å²) in [5, 5.41) is 10.3. The third-order valence-corrected chi connectivity index (χ3v) is 5.11. The molecule has 5 heteroatoms. The van der Waals surface area contributed by atoms with Gasteiger partial charge in [-0.3, -0.25) is 9.69 Å². The van der Waals surface area contributed by atoms with Crippen molar-refractivity contribution in [3.8, 4) is 0 Å². The fraction of sp³-hybridized carbons (Fsp3) is 0.500. The summed E-state index contributed by atoms with van der Waals surface area (Å²) in [6.45, 7) is 10.4. The Kier molecular flexibility index (Phi) is 3.54. The zero-order valence-corrected chi connectivity index (χ0v) is 14.5. The molecule has 1 aromatic carbocycles. The molecule has 1 aromatic heterocycles. The molecule has 0 bridgehead atoms. The number of aromatic nitrogens is 1. The van der Waals surface area contributed by atoms with Crippen LogP contribution in [0.5, 0.6) is 0 Å². The van der Waals surface area contributed by atoms with Crippen LogP contribution in [0.2, 0.25) is 0 Å². The Labute approximate surface area is 136 Å². The van der Waals surface area contributed by atoms with E-state index in [4.69, 9.17) is 5.73 Å². The average Bonchev–Trinajstić information content (AvgIpc) is 2.97. The molecule has 1 aliphatic heterocycles. The van der Waals surface area contributed by atoms with Crippen LogP contribution < -0.4 is 5.73 Å². The van der Waals surface area contributed by atoms with Crippen molar-refractivity contribution in [2.24, 2.45) is 12.8 Å². The van der Waals surface area contributed by atoms with E-state index in [1.165, 1.54) is 11.1 Å². The number of hydrogen-bond donors (Lipinski definition) is 2. The van der Waals surface area contributed by atoms with E-state index < -0.39 is 12.0 Å². The summed E-state index contributed by atoms with van der Waals surface area (Å²) >= 11 is 0. The molecule has 23 heavy (non-hydrogen) atoms. The van der Waals surface area contributed by atoms with Gasteiger partial charge in [0.15, 0.2) is 0 Å². The van der Waals surface area contributed by atoms with E-state index in [1.54, 1.807) is 0 Å². The van der Waals surface area contributed by atoms with Crippen molar-refractivity contribution < 1.29 is 9.90 Å². The summed E-state index contributed by atoms with van der Waals surface area (Å²) in [7, 11) is 1.97. The largest absolute Gasteiger partial charge is 0.480 e. The summed E-state index contributed by atoms with van der Waals surface area (Å²) in [6, 6.07) is 3.35. The normalized spacial score (nSPS) is 16.8. The highest BCUT2D eigenvalue weighted by molar-refractivity contribution is 5.92. The second kappa shape index (κ2) is 5.08. The maximum atomic E-state index is 11.4. The first kappa shape index (κ1) is 16.0. The molecular weight excluding hydrogens is 290 g/mol.